The molecule has 1 fully saturated rings. The molecule has 2 aromatic carbocycles. The number of nitrogens with one attached hydrogen (secondary N) is 2. The van der Waals surface area contributed by atoms with Crippen LogP contribution in [0.4, 0.5) is 0 Å². The van der Waals surface area contributed by atoms with Gasteiger partial charge in [-0.25, -0.2) is 0 Å². The first-order valence-corrected chi connectivity index (χ1v) is 11.3. The lowest BCUT2D eigenvalue weighted by molar-refractivity contribution is -0.126. The Morgan fingerprint density at radius 1 is 1.12 bits per heavy atom. The molecule has 1 saturated heterocycles. The van der Waals surface area contributed by atoms with Gasteiger partial charge in [-0.05, 0) is 75.0 Å². The Hall–Kier alpha value is -2.99. The zero-order valence-corrected chi connectivity index (χ0v) is 19.4. The minimum Gasteiger partial charge on any atom is -0.493 e. The number of methoxy groups -OCH3 is 2. The van der Waals surface area contributed by atoms with Crippen LogP contribution in [0.15, 0.2) is 42.5 Å². The SMILES string of the molecule is COc1ccc(CNC(=O)C(C)N2CCC(c3c(C)[nH]c4ccccc34)CC2)cc1OC. The van der Waals surface area contributed by atoms with Gasteiger partial charge in [0.15, 0.2) is 11.5 Å². The van der Waals surface area contributed by atoms with Gasteiger partial charge in [-0.15, -0.1) is 0 Å². The molecule has 32 heavy (non-hydrogen) atoms. The smallest absolute Gasteiger partial charge is 0.237 e. The van der Waals surface area contributed by atoms with E-state index in [9.17, 15) is 4.79 Å². The summed E-state index contributed by atoms with van der Waals surface area (Å²) in [7, 11) is 3.23. The monoisotopic (exact) mass is 435 g/mol. The lowest BCUT2D eigenvalue weighted by Crippen LogP contribution is -2.47. The molecule has 1 amide bonds. The molecule has 1 aliphatic heterocycles. The van der Waals surface area contributed by atoms with Crippen molar-refractivity contribution in [3.05, 3.63) is 59.3 Å². The fourth-order valence-electron chi connectivity index (χ4n) is 4.89. The second kappa shape index (κ2) is 9.65. The van der Waals surface area contributed by atoms with Gasteiger partial charge in [0, 0.05) is 23.1 Å². The van der Waals surface area contributed by atoms with E-state index in [4.69, 9.17) is 9.47 Å². The Morgan fingerprint density at radius 2 is 1.84 bits per heavy atom. The van der Waals surface area contributed by atoms with E-state index >= 15 is 0 Å². The molecule has 1 aromatic heterocycles. The molecule has 2 N–H and O–H groups in total. The second-order valence-electron chi connectivity index (χ2n) is 8.60. The van der Waals surface area contributed by atoms with Crippen LogP contribution in [-0.4, -0.2) is 49.1 Å². The maximum absolute atomic E-state index is 12.8. The van der Waals surface area contributed by atoms with Gasteiger partial charge in [-0.3, -0.25) is 9.69 Å². The number of hydrogen-bond acceptors (Lipinski definition) is 4. The predicted octanol–water partition coefficient (Wildman–Crippen LogP) is 4.38. The highest BCUT2D eigenvalue weighted by atomic mass is 16.5. The van der Waals surface area contributed by atoms with Crippen molar-refractivity contribution in [2.45, 2.75) is 45.2 Å². The van der Waals surface area contributed by atoms with Crippen LogP contribution in [-0.2, 0) is 11.3 Å². The number of para-hydroxylation sites is 1. The highest BCUT2D eigenvalue weighted by Gasteiger charge is 2.29. The first-order chi connectivity index (χ1) is 15.5. The molecule has 1 atom stereocenters. The molecular weight excluding hydrogens is 402 g/mol. The van der Waals surface area contributed by atoms with E-state index < -0.39 is 0 Å². The number of ether oxygens (including phenoxy) is 2. The van der Waals surface area contributed by atoms with E-state index in [1.165, 1.54) is 22.2 Å². The van der Waals surface area contributed by atoms with Gasteiger partial charge in [-0.2, -0.15) is 0 Å². The van der Waals surface area contributed by atoms with Crippen LogP contribution in [0.25, 0.3) is 10.9 Å². The number of amides is 1. The van der Waals surface area contributed by atoms with Crippen LogP contribution in [0.2, 0.25) is 0 Å². The maximum Gasteiger partial charge on any atom is 0.237 e. The first-order valence-electron chi connectivity index (χ1n) is 11.3. The number of fused-ring (bicyclic) bond motifs is 1. The lowest BCUT2D eigenvalue weighted by atomic mass is 9.87. The molecule has 4 rings (SSSR count). The number of H-pyrrole nitrogens is 1. The zero-order chi connectivity index (χ0) is 22.7. The van der Waals surface area contributed by atoms with Crippen LogP contribution in [0.1, 0.15) is 42.5 Å². The van der Waals surface area contributed by atoms with E-state index in [0.29, 0.717) is 24.0 Å². The van der Waals surface area contributed by atoms with Crippen molar-refractivity contribution in [2.24, 2.45) is 0 Å². The van der Waals surface area contributed by atoms with E-state index in [0.717, 1.165) is 31.5 Å². The number of aryl methyl sites for hydroxylation is 1. The number of rotatable bonds is 7. The summed E-state index contributed by atoms with van der Waals surface area (Å²) >= 11 is 0. The summed E-state index contributed by atoms with van der Waals surface area (Å²) in [4.78, 5) is 18.6. The minimum absolute atomic E-state index is 0.0570. The third-order valence-corrected chi connectivity index (χ3v) is 6.72. The molecule has 170 valence electrons. The Morgan fingerprint density at radius 3 is 2.56 bits per heavy atom. The van der Waals surface area contributed by atoms with Crippen LogP contribution in [0, 0.1) is 6.92 Å². The Kier molecular flexibility index (Phi) is 6.70. The van der Waals surface area contributed by atoms with Crippen molar-refractivity contribution in [3.8, 4) is 11.5 Å². The summed E-state index contributed by atoms with van der Waals surface area (Å²) in [5.41, 5.74) is 4.92. The molecule has 6 nitrogen and oxygen atoms in total. The van der Waals surface area contributed by atoms with Crippen LogP contribution in [0.3, 0.4) is 0 Å². The molecular formula is C26H33N3O3. The maximum atomic E-state index is 12.8. The number of aromatic amines is 1. The van der Waals surface area contributed by atoms with Gasteiger partial charge in [0.05, 0.1) is 20.3 Å². The number of hydrogen-bond donors (Lipinski definition) is 2. The molecule has 0 saturated carbocycles. The summed E-state index contributed by atoms with van der Waals surface area (Å²) < 4.78 is 10.6. The summed E-state index contributed by atoms with van der Waals surface area (Å²) in [5.74, 6) is 1.94. The first kappa shape index (κ1) is 22.2. The van der Waals surface area contributed by atoms with Crippen LogP contribution < -0.4 is 14.8 Å². The number of piperidine rings is 1. The molecule has 1 aliphatic rings. The Balaban J connectivity index is 1.33. The van der Waals surface area contributed by atoms with Crippen LogP contribution >= 0.6 is 0 Å². The summed E-state index contributed by atoms with van der Waals surface area (Å²) in [6.07, 6.45) is 2.13. The second-order valence-corrected chi connectivity index (χ2v) is 8.60. The molecule has 6 heteroatoms. The average molecular weight is 436 g/mol. The van der Waals surface area contributed by atoms with Gasteiger partial charge in [-0.1, -0.05) is 24.3 Å². The number of nitrogens with zero attached hydrogens (tertiary/aromatic N) is 1. The third-order valence-electron chi connectivity index (χ3n) is 6.72. The Bertz CT molecular complexity index is 1080. The van der Waals surface area contributed by atoms with E-state index in [1.54, 1.807) is 14.2 Å². The summed E-state index contributed by atoms with van der Waals surface area (Å²) in [6, 6.07) is 14.1. The van der Waals surface area contributed by atoms with E-state index in [-0.39, 0.29) is 11.9 Å². The molecule has 0 bridgehead atoms. The highest BCUT2D eigenvalue weighted by molar-refractivity contribution is 5.85. The largest absolute Gasteiger partial charge is 0.493 e. The van der Waals surface area contributed by atoms with Gasteiger partial charge in [0.1, 0.15) is 0 Å². The topological polar surface area (TPSA) is 66.6 Å². The number of carbonyl (C=O) groups is 1. The quantitative estimate of drug-likeness (QED) is 0.578. The molecule has 0 spiro atoms. The van der Waals surface area contributed by atoms with Crippen molar-refractivity contribution in [2.75, 3.05) is 27.3 Å². The minimum atomic E-state index is -0.153. The number of likely N-dealkylation sites (tertiary alicyclic amines) is 1. The van der Waals surface area contributed by atoms with Crippen molar-refractivity contribution < 1.29 is 14.3 Å². The van der Waals surface area contributed by atoms with Crippen molar-refractivity contribution in [1.29, 1.82) is 0 Å². The van der Waals surface area contributed by atoms with E-state index in [1.807, 2.05) is 25.1 Å². The molecule has 0 radical (unpaired) electrons. The van der Waals surface area contributed by atoms with Gasteiger partial charge < -0.3 is 19.8 Å². The normalized spacial score (nSPS) is 16.1. The standard InChI is InChI=1S/C26H33N3O3/c1-17-25(21-7-5-6-8-22(21)28-17)20-11-13-29(14-12-20)18(2)26(30)27-16-19-9-10-23(31-3)24(15-19)32-4/h5-10,15,18,20,28H,11-14,16H2,1-4H3,(H,27,30). The molecule has 0 aliphatic carbocycles. The molecule has 2 heterocycles. The van der Waals surface area contributed by atoms with E-state index in [2.05, 4.69) is 46.4 Å². The fourth-order valence-corrected chi connectivity index (χ4v) is 4.89. The predicted molar refractivity (Wildman–Crippen MR) is 127 cm³/mol. The third kappa shape index (κ3) is 4.46. The van der Waals surface area contributed by atoms with Gasteiger partial charge in [0.25, 0.3) is 0 Å². The van der Waals surface area contributed by atoms with Crippen molar-refractivity contribution in [3.63, 3.8) is 0 Å². The van der Waals surface area contributed by atoms with Crippen LogP contribution in [0.5, 0.6) is 11.5 Å². The lowest BCUT2D eigenvalue weighted by Gasteiger charge is -2.35. The van der Waals surface area contributed by atoms with Crippen molar-refractivity contribution >= 4 is 16.8 Å². The summed E-state index contributed by atoms with van der Waals surface area (Å²) in [6.45, 7) is 6.49. The summed E-state index contributed by atoms with van der Waals surface area (Å²) in [5, 5.41) is 4.41. The van der Waals surface area contributed by atoms with Crippen molar-refractivity contribution in [1.82, 2.24) is 15.2 Å². The van der Waals surface area contributed by atoms with Gasteiger partial charge >= 0.3 is 0 Å². The highest BCUT2D eigenvalue weighted by Crippen LogP contribution is 2.36. The number of aromatic nitrogens is 1. The molecule has 1 unspecified atom stereocenters. The number of carbonyl (C=O) groups excluding carboxylic acids is 1. The average Bonchev–Trinajstić information content (AvgIpc) is 3.17. The number of benzene rings is 2. The van der Waals surface area contributed by atoms with Gasteiger partial charge in [0.2, 0.25) is 5.91 Å². The fraction of sp³-hybridized carbons (Fsp3) is 0.423. The Labute approximate surface area is 189 Å². The zero-order valence-electron chi connectivity index (χ0n) is 19.4. The molecule has 3 aromatic rings.